The molecule has 100 valence electrons. The van der Waals surface area contributed by atoms with Crippen LogP contribution in [-0.4, -0.2) is 0 Å². The maximum Gasteiger partial charge on any atom is 0.0409 e. The highest BCUT2D eigenvalue weighted by atomic mass is 35.5. The smallest absolute Gasteiger partial charge is 0.0409 e. The van der Waals surface area contributed by atoms with Crippen LogP contribution in [0.3, 0.4) is 0 Å². The molecular weight excluding hydrogens is 242 g/mol. The quantitative estimate of drug-likeness (QED) is 0.823. The van der Waals surface area contributed by atoms with E-state index in [9.17, 15) is 0 Å². The van der Waals surface area contributed by atoms with Crippen molar-refractivity contribution in [3.05, 3.63) is 34.3 Å². The summed E-state index contributed by atoms with van der Waals surface area (Å²) >= 11 is 6.10. The van der Waals surface area contributed by atoms with Crippen molar-refractivity contribution in [3.8, 4) is 0 Å². The van der Waals surface area contributed by atoms with Crippen LogP contribution < -0.4 is 5.73 Å². The highest BCUT2D eigenvalue weighted by Gasteiger charge is 2.29. The average molecular weight is 266 g/mol. The second kappa shape index (κ2) is 5.63. The molecule has 0 spiro atoms. The van der Waals surface area contributed by atoms with Gasteiger partial charge in [-0.3, -0.25) is 0 Å². The van der Waals surface area contributed by atoms with Gasteiger partial charge in [-0.05, 0) is 60.8 Å². The standard InChI is InChI=1S/C16H24ClN/c1-10-4-6-13(8-12(10)3)16(18)15-9-14(17)7-5-11(15)2/h5,7,9-10,12-13,16H,4,6,8,18H2,1-3H3. The molecule has 2 N–H and O–H groups in total. The summed E-state index contributed by atoms with van der Waals surface area (Å²) in [6.45, 7) is 6.84. The van der Waals surface area contributed by atoms with Gasteiger partial charge in [0.15, 0.2) is 0 Å². The Labute approximate surface area is 116 Å². The predicted molar refractivity (Wildman–Crippen MR) is 78.8 cm³/mol. The van der Waals surface area contributed by atoms with E-state index >= 15 is 0 Å². The van der Waals surface area contributed by atoms with E-state index in [4.69, 9.17) is 17.3 Å². The lowest BCUT2D eigenvalue weighted by molar-refractivity contribution is 0.186. The van der Waals surface area contributed by atoms with Crippen molar-refractivity contribution in [2.24, 2.45) is 23.5 Å². The minimum absolute atomic E-state index is 0.138. The van der Waals surface area contributed by atoms with Crippen molar-refractivity contribution in [1.29, 1.82) is 0 Å². The number of benzene rings is 1. The van der Waals surface area contributed by atoms with Crippen LogP contribution in [0.2, 0.25) is 5.02 Å². The van der Waals surface area contributed by atoms with Crippen molar-refractivity contribution >= 4 is 11.6 Å². The molecule has 0 heterocycles. The Morgan fingerprint density at radius 2 is 1.94 bits per heavy atom. The maximum absolute atomic E-state index is 6.49. The molecule has 1 aliphatic rings. The number of nitrogens with two attached hydrogens (primary N) is 1. The zero-order valence-corrected chi connectivity index (χ0v) is 12.4. The first-order valence-electron chi connectivity index (χ1n) is 7.00. The monoisotopic (exact) mass is 265 g/mol. The molecule has 1 aliphatic carbocycles. The van der Waals surface area contributed by atoms with Crippen LogP contribution in [0, 0.1) is 24.7 Å². The summed E-state index contributed by atoms with van der Waals surface area (Å²) in [6, 6.07) is 6.20. The van der Waals surface area contributed by atoms with Crippen molar-refractivity contribution in [3.63, 3.8) is 0 Å². The summed E-state index contributed by atoms with van der Waals surface area (Å²) in [7, 11) is 0. The fourth-order valence-electron chi connectivity index (χ4n) is 3.14. The van der Waals surface area contributed by atoms with Gasteiger partial charge >= 0.3 is 0 Å². The van der Waals surface area contributed by atoms with Gasteiger partial charge in [-0.15, -0.1) is 0 Å². The second-order valence-corrected chi connectivity index (χ2v) is 6.49. The number of aryl methyl sites for hydroxylation is 1. The number of hydrogen-bond acceptors (Lipinski definition) is 1. The summed E-state index contributed by atoms with van der Waals surface area (Å²) in [5.74, 6) is 2.23. The zero-order chi connectivity index (χ0) is 13.3. The lowest BCUT2D eigenvalue weighted by atomic mass is 9.72. The largest absolute Gasteiger partial charge is 0.324 e. The van der Waals surface area contributed by atoms with E-state index in [0.29, 0.717) is 5.92 Å². The van der Waals surface area contributed by atoms with E-state index in [1.54, 1.807) is 0 Å². The molecular formula is C16H24ClN. The minimum atomic E-state index is 0.138. The normalized spacial score (nSPS) is 30.2. The summed E-state index contributed by atoms with van der Waals surface area (Å²) in [6.07, 6.45) is 3.80. The average Bonchev–Trinajstić information content (AvgIpc) is 2.35. The van der Waals surface area contributed by atoms with E-state index in [1.165, 1.54) is 30.4 Å². The summed E-state index contributed by atoms with van der Waals surface area (Å²) in [5, 5.41) is 0.795. The summed E-state index contributed by atoms with van der Waals surface area (Å²) in [4.78, 5) is 0. The topological polar surface area (TPSA) is 26.0 Å². The molecule has 18 heavy (non-hydrogen) atoms. The van der Waals surface area contributed by atoms with Gasteiger partial charge in [0.1, 0.15) is 0 Å². The third-order valence-electron chi connectivity index (χ3n) is 4.75. The van der Waals surface area contributed by atoms with Crippen molar-refractivity contribution < 1.29 is 0 Å². The number of rotatable bonds is 2. The van der Waals surface area contributed by atoms with E-state index < -0.39 is 0 Å². The predicted octanol–water partition coefficient (Wildman–Crippen LogP) is 4.72. The molecule has 1 fully saturated rings. The van der Waals surface area contributed by atoms with Gasteiger partial charge in [0.2, 0.25) is 0 Å². The van der Waals surface area contributed by atoms with Gasteiger partial charge in [0.25, 0.3) is 0 Å². The van der Waals surface area contributed by atoms with Gasteiger partial charge in [0, 0.05) is 11.1 Å². The minimum Gasteiger partial charge on any atom is -0.324 e. The lowest BCUT2D eigenvalue weighted by Crippen LogP contribution is -2.29. The highest BCUT2D eigenvalue weighted by Crippen LogP contribution is 2.39. The molecule has 0 saturated heterocycles. The Balaban J connectivity index is 2.16. The van der Waals surface area contributed by atoms with Crippen molar-refractivity contribution in [2.75, 3.05) is 0 Å². The molecule has 1 nitrogen and oxygen atoms in total. The number of hydrogen-bond donors (Lipinski definition) is 1. The van der Waals surface area contributed by atoms with Gasteiger partial charge < -0.3 is 5.73 Å². The first-order chi connectivity index (χ1) is 8.49. The number of halogens is 1. The maximum atomic E-state index is 6.49. The molecule has 0 aromatic heterocycles. The Hall–Kier alpha value is -0.530. The van der Waals surface area contributed by atoms with Gasteiger partial charge in [-0.25, -0.2) is 0 Å². The van der Waals surface area contributed by atoms with Crippen LogP contribution in [0.4, 0.5) is 0 Å². The summed E-state index contributed by atoms with van der Waals surface area (Å²) < 4.78 is 0. The van der Waals surface area contributed by atoms with Crippen molar-refractivity contribution in [2.45, 2.75) is 46.1 Å². The van der Waals surface area contributed by atoms with Gasteiger partial charge in [-0.1, -0.05) is 37.9 Å². The van der Waals surface area contributed by atoms with E-state index in [2.05, 4.69) is 26.8 Å². The molecule has 0 aliphatic heterocycles. The molecule has 2 heteroatoms. The first-order valence-corrected chi connectivity index (χ1v) is 7.38. The molecule has 1 aromatic rings. The summed E-state index contributed by atoms with van der Waals surface area (Å²) in [5.41, 5.74) is 8.98. The Kier molecular flexibility index (Phi) is 4.34. The highest BCUT2D eigenvalue weighted by molar-refractivity contribution is 6.30. The first kappa shape index (κ1) is 13.9. The second-order valence-electron chi connectivity index (χ2n) is 6.05. The van der Waals surface area contributed by atoms with Crippen LogP contribution in [0.5, 0.6) is 0 Å². The van der Waals surface area contributed by atoms with Crippen LogP contribution in [0.1, 0.15) is 50.3 Å². The van der Waals surface area contributed by atoms with Crippen LogP contribution in [0.15, 0.2) is 18.2 Å². The van der Waals surface area contributed by atoms with E-state index in [0.717, 1.165) is 16.9 Å². The molecule has 1 aromatic carbocycles. The molecule has 2 rings (SSSR count). The zero-order valence-electron chi connectivity index (χ0n) is 11.6. The van der Waals surface area contributed by atoms with Crippen molar-refractivity contribution in [1.82, 2.24) is 0 Å². The van der Waals surface area contributed by atoms with E-state index in [1.807, 2.05) is 12.1 Å². The molecule has 4 atom stereocenters. The van der Waals surface area contributed by atoms with E-state index in [-0.39, 0.29) is 6.04 Å². The SMILES string of the molecule is Cc1ccc(Cl)cc1C(N)C1CCC(C)C(C)C1. The molecule has 1 saturated carbocycles. The molecule has 0 radical (unpaired) electrons. The Morgan fingerprint density at radius 3 is 2.61 bits per heavy atom. The lowest BCUT2D eigenvalue weighted by Gasteiger charge is -2.35. The fraction of sp³-hybridized carbons (Fsp3) is 0.625. The third kappa shape index (κ3) is 2.89. The van der Waals surface area contributed by atoms with Gasteiger partial charge in [-0.2, -0.15) is 0 Å². The Morgan fingerprint density at radius 1 is 1.22 bits per heavy atom. The fourth-order valence-corrected chi connectivity index (χ4v) is 3.32. The third-order valence-corrected chi connectivity index (χ3v) is 4.98. The molecule has 4 unspecified atom stereocenters. The molecule has 0 amide bonds. The van der Waals surface area contributed by atoms with Crippen LogP contribution in [-0.2, 0) is 0 Å². The Bertz CT molecular complexity index is 416. The van der Waals surface area contributed by atoms with Gasteiger partial charge in [0.05, 0.1) is 0 Å². The molecule has 0 bridgehead atoms. The van der Waals surface area contributed by atoms with Crippen LogP contribution >= 0.6 is 11.6 Å². The van der Waals surface area contributed by atoms with Crippen LogP contribution in [0.25, 0.3) is 0 Å².